The molecule has 1 aromatic rings. The smallest absolute Gasteiger partial charge is 0.269 e. The Kier molecular flexibility index (Phi) is 5.23. The fraction of sp³-hybridized carbons (Fsp3) is 0.714. The number of carbonyl (C=O) groups excluding carboxylic acids is 1. The lowest BCUT2D eigenvalue weighted by atomic mass is 9.89. The molecule has 0 bridgehead atoms. The number of aromatic nitrogens is 1. The number of carbonyl (C=O) groups is 1. The number of sulfonamides is 1. The molecule has 0 radical (unpaired) electrons. The first-order chi connectivity index (χ1) is 10.3. The lowest BCUT2D eigenvalue weighted by Gasteiger charge is -2.26. The van der Waals surface area contributed by atoms with Gasteiger partial charge in [0, 0.05) is 0 Å². The number of aryl methyl sites for hydroxylation is 2. The minimum absolute atomic E-state index is 0.0243. The monoisotopic (exact) mass is 330 g/mol. The summed E-state index contributed by atoms with van der Waals surface area (Å²) in [5.41, 5.74) is 0.222. The maximum atomic E-state index is 12.2. The van der Waals surface area contributed by atoms with E-state index in [1.807, 2.05) is 4.72 Å². The Bertz CT molecular complexity index is 618. The standard InChI is InChI=1S/C14H22N2O5S/c1-9-5-4-6-12(7-9)20-8-13(17)16-22(18,19)14-10(2)15-21-11(14)3/h9,12H,4-8H2,1-3H3,(H,16,17)/t9-,12+/m1/s1. The van der Waals surface area contributed by atoms with Crippen LogP contribution in [0.15, 0.2) is 9.42 Å². The van der Waals surface area contributed by atoms with Crippen LogP contribution in [0.25, 0.3) is 0 Å². The average Bonchev–Trinajstić information content (AvgIpc) is 2.76. The quantitative estimate of drug-likeness (QED) is 0.882. The molecule has 1 aliphatic rings. The molecule has 0 spiro atoms. The molecule has 1 amide bonds. The highest BCUT2D eigenvalue weighted by Gasteiger charge is 2.27. The van der Waals surface area contributed by atoms with Gasteiger partial charge in [-0.05, 0) is 32.6 Å². The van der Waals surface area contributed by atoms with E-state index < -0.39 is 15.9 Å². The molecule has 0 aliphatic heterocycles. The molecule has 124 valence electrons. The molecule has 0 aromatic carbocycles. The second-order valence-corrected chi connectivity index (χ2v) is 7.51. The van der Waals surface area contributed by atoms with Crippen molar-refractivity contribution in [1.82, 2.24) is 9.88 Å². The van der Waals surface area contributed by atoms with Crippen molar-refractivity contribution in [3.8, 4) is 0 Å². The van der Waals surface area contributed by atoms with E-state index in [0.29, 0.717) is 5.92 Å². The Balaban J connectivity index is 1.91. The Labute approximate surface area is 130 Å². The lowest BCUT2D eigenvalue weighted by molar-refractivity contribution is -0.126. The van der Waals surface area contributed by atoms with E-state index >= 15 is 0 Å². The molecule has 1 fully saturated rings. The normalized spacial score (nSPS) is 22.5. The van der Waals surface area contributed by atoms with Gasteiger partial charge >= 0.3 is 0 Å². The van der Waals surface area contributed by atoms with Gasteiger partial charge in [-0.1, -0.05) is 24.9 Å². The summed E-state index contributed by atoms with van der Waals surface area (Å²) in [5.74, 6) is 0.0471. The third-order valence-electron chi connectivity index (χ3n) is 3.82. The molecule has 1 heterocycles. The first-order valence-corrected chi connectivity index (χ1v) is 8.88. The number of nitrogens with zero attached hydrogens (tertiary/aromatic N) is 1. The zero-order valence-electron chi connectivity index (χ0n) is 13.1. The predicted molar refractivity (Wildman–Crippen MR) is 78.7 cm³/mol. The number of ether oxygens (including phenoxy) is 1. The molecule has 22 heavy (non-hydrogen) atoms. The van der Waals surface area contributed by atoms with Crippen LogP contribution in [0.3, 0.4) is 0 Å². The Hall–Kier alpha value is -1.41. The first-order valence-electron chi connectivity index (χ1n) is 7.39. The second-order valence-electron chi connectivity index (χ2n) is 5.89. The highest BCUT2D eigenvalue weighted by molar-refractivity contribution is 7.90. The van der Waals surface area contributed by atoms with Crippen LogP contribution < -0.4 is 4.72 Å². The van der Waals surface area contributed by atoms with Crippen molar-refractivity contribution >= 4 is 15.9 Å². The van der Waals surface area contributed by atoms with Crippen LogP contribution >= 0.6 is 0 Å². The van der Waals surface area contributed by atoms with Crippen LogP contribution in [-0.4, -0.2) is 32.2 Å². The number of rotatable bonds is 5. The third kappa shape index (κ3) is 4.07. The molecule has 2 rings (SSSR count). The molecule has 1 saturated carbocycles. The van der Waals surface area contributed by atoms with E-state index in [1.165, 1.54) is 20.3 Å². The first kappa shape index (κ1) is 17.0. The van der Waals surface area contributed by atoms with Gasteiger partial charge in [0.1, 0.15) is 12.3 Å². The summed E-state index contributed by atoms with van der Waals surface area (Å²) in [7, 11) is -3.98. The maximum Gasteiger partial charge on any atom is 0.269 e. The topological polar surface area (TPSA) is 98.5 Å². The summed E-state index contributed by atoms with van der Waals surface area (Å²) in [6.07, 6.45) is 4.09. The van der Waals surface area contributed by atoms with Crippen molar-refractivity contribution in [2.45, 2.75) is 57.5 Å². The molecule has 1 aromatic heterocycles. The molecule has 2 atom stereocenters. The zero-order chi connectivity index (χ0) is 16.3. The van der Waals surface area contributed by atoms with Crippen molar-refractivity contribution in [1.29, 1.82) is 0 Å². The van der Waals surface area contributed by atoms with E-state index in [4.69, 9.17) is 9.26 Å². The molecule has 0 unspecified atom stereocenters. The fourth-order valence-corrected chi connectivity index (χ4v) is 4.11. The van der Waals surface area contributed by atoms with Gasteiger partial charge in [-0.2, -0.15) is 0 Å². The molecule has 1 aliphatic carbocycles. The highest BCUT2D eigenvalue weighted by atomic mass is 32.2. The van der Waals surface area contributed by atoms with Crippen LogP contribution in [0, 0.1) is 19.8 Å². The van der Waals surface area contributed by atoms with Crippen LogP contribution in [0.2, 0.25) is 0 Å². The van der Waals surface area contributed by atoms with Gasteiger partial charge in [0.15, 0.2) is 10.7 Å². The maximum absolute atomic E-state index is 12.2. The number of hydrogen-bond acceptors (Lipinski definition) is 6. The Morgan fingerprint density at radius 1 is 1.41 bits per heavy atom. The molecule has 1 N–H and O–H groups in total. The number of amides is 1. The van der Waals surface area contributed by atoms with Gasteiger partial charge in [-0.3, -0.25) is 4.79 Å². The minimum atomic E-state index is -3.98. The van der Waals surface area contributed by atoms with Crippen molar-refractivity contribution < 1.29 is 22.5 Å². The van der Waals surface area contributed by atoms with E-state index in [0.717, 1.165) is 19.3 Å². The van der Waals surface area contributed by atoms with Gasteiger partial charge in [0.2, 0.25) is 0 Å². The van der Waals surface area contributed by atoms with Crippen molar-refractivity contribution in [3.05, 3.63) is 11.5 Å². The van der Waals surface area contributed by atoms with E-state index in [-0.39, 0.29) is 29.1 Å². The van der Waals surface area contributed by atoms with Crippen LogP contribution in [0.5, 0.6) is 0 Å². The van der Waals surface area contributed by atoms with Crippen LogP contribution in [0.4, 0.5) is 0 Å². The van der Waals surface area contributed by atoms with E-state index in [2.05, 4.69) is 12.1 Å². The summed E-state index contributed by atoms with van der Waals surface area (Å²) < 4.78 is 36.7. The summed E-state index contributed by atoms with van der Waals surface area (Å²) in [6, 6.07) is 0. The predicted octanol–water partition coefficient (Wildman–Crippen LogP) is 1.69. The SMILES string of the molecule is Cc1noc(C)c1S(=O)(=O)NC(=O)CO[C@H]1CCC[C@@H](C)C1. The van der Waals surface area contributed by atoms with Gasteiger partial charge < -0.3 is 9.26 Å². The Morgan fingerprint density at radius 2 is 2.14 bits per heavy atom. The molecule has 8 heteroatoms. The van der Waals surface area contributed by atoms with Crippen LogP contribution in [-0.2, 0) is 19.6 Å². The minimum Gasteiger partial charge on any atom is -0.368 e. The van der Waals surface area contributed by atoms with Crippen LogP contribution in [0.1, 0.15) is 44.1 Å². The number of nitrogens with one attached hydrogen (secondary N) is 1. The number of hydrogen-bond donors (Lipinski definition) is 1. The molecular weight excluding hydrogens is 308 g/mol. The van der Waals surface area contributed by atoms with Gasteiger partial charge in [-0.25, -0.2) is 13.1 Å². The summed E-state index contributed by atoms with van der Waals surface area (Å²) in [6.45, 7) is 4.88. The zero-order valence-corrected chi connectivity index (χ0v) is 13.9. The van der Waals surface area contributed by atoms with Gasteiger partial charge in [0.05, 0.1) is 6.10 Å². The largest absolute Gasteiger partial charge is 0.368 e. The van der Waals surface area contributed by atoms with Gasteiger partial charge in [0.25, 0.3) is 15.9 Å². The molecule has 7 nitrogen and oxygen atoms in total. The molecule has 0 saturated heterocycles. The summed E-state index contributed by atoms with van der Waals surface area (Å²) in [4.78, 5) is 11.7. The summed E-state index contributed by atoms with van der Waals surface area (Å²) >= 11 is 0. The van der Waals surface area contributed by atoms with Crippen molar-refractivity contribution in [2.75, 3.05) is 6.61 Å². The molecular formula is C14H22N2O5S. The Morgan fingerprint density at radius 3 is 2.73 bits per heavy atom. The van der Waals surface area contributed by atoms with Crippen molar-refractivity contribution in [2.24, 2.45) is 5.92 Å². The third-order valence-corrected chi connectivity index (χ3v) is 5.44. The van der Waals surface area contributed by atoms with E-state index in [1.54, 1.807) is 0 Å². The average molecular weight is 330 g/mol. The van der Waals surface area contributed by atoms with Crippen molar-refractivity contribution in [3.63, 3.8) is 0 Å². The summed E-state index contributed by atoms with van der Waals surface area (Å²) in [5, 5.41) is 3.58. The second kappa shape index (κ2) is 6.78. The fourth-order valence-electron chi connectivity index (χ4n) is 2.81. The van der Waals surface area contributed by atoms with E-state index in [9.17, 15) is 13.2 Å². The van der Waals surface area contributed by atoms with Gasteiger partial charge in [-0.15, -0.1) is 0 Å². The lowest BCUT2D eigenvalue weighted by Crippen LogP contribution is -2.35. The highest BCUT2D eigenvalue weighted by Crippen LogP contribution is 2.25.